The molecule has 2 aliphatic heterocycles. The number of fused-ring (bicyclic) bond motifs is 1. The van der Waals surface area contributed by atoms with E-state index < -0.39 is 13.5 Å². The Morgan fingerprint density at radius 3 is 1.23 bits per heavy atom. The molecule has 5 heteroatoms. The van der Waals surface area contributed by atoms with Crippen molar-refractivity contribution in [3.8, 4) is 0 Å². The summed E-state index contributed by atoms with van der Waals surface area (Å²) in [5.41, 5.74) is 15.0. The average Bonchev–Trinajstić information content (AvgIpc) is 3.90. The molecule has 1 aliphatic carbocycles. The fraction of sp³-hybridized carbons (Fsp3) is 0.473. The van der Waals surface area contributed by atoms with Crippen LogP contribution in [-0.2, 0) is 39.2 Å². The molecular formula is C55H74Cl2N2Ru-2. The van der Waals surface area contributed by atoms with Crippen molar-refractivity contribution in [1.29, 1.82) is 0 Å². The Hall–Kier alpha value is -2.71. The number of nitrogens with zero attached hydrogens (tertiary/aromatic N) is 2. The van der Waals surface area contributed by atoms with E-state index >= 15 is 0 Å². The van der Waals surface area contributed by atoms with Gasteiger partial charge < -0.3 is 9.80 Å². The van der Waals surface area contributed by atoms with Gasteiger partial charge in [-0.1, -0.05) is 131 Å². The number of aryl methyl sites for hydroxylation is 4. The molecule has 3 aliphatic rings. The van der Waals surface area contributed by atoms with Gasteiger partial charge in [-0.3, -0.25) is 0 Å². The summed E-state index contributed by atoms with van der Waals surface area (Å²) in [6, 6.07) is 32.3. The zero-order valence-corrected chi connectivity index (χ0v) is 42.2. The van der Waals surface area contributed by atoms with Crippen molar-refractivity contribution in [3.63, 3.8) is 0 Å². The second kappa shape index (κ2) is 20.7. The SMILES string of the molecule is CCc1cccc(CC)c1N1[CH-]C(C)(CC)CC1(C)CC.CCc1cccc(CC)c1N1[CH-]C(C)(CC)CC1(C)CC.[Cl][Ru]([Cl])=[C]1C=C(c2ccccc2)c2ccccc21. The fourth-order valence-electron chi connectivity index (χ4n) is 9.84. The van der Waals surface area contributed by atoms with Gasteiger partial charge in [0.2, 0.25) is 0 Å². The van der Waals surface area contributed by atoms with Crippen molar-refractivity contribution in [1.82, 2.24) is 0 Å². The molecule has 2 fully saturated rings. The van der Waals surface area contributed by atoms with E-state index in [0.717, 1.165) is 29.8 Å². The number of allylic oxidation sites excluding steroid dienone is 1. The van der Waals surface area contributed by atoms with Crippen molar-refractivity contribution in [3.05, 3.63) is 149 Å². The third-order valence-corrected chi connectivity index (χ3v) is 17.3. The third-order valence-electron chi connectivity index (χ3n) is 14.1. The van der Waals surface area contributed by atoms with Crippen LogP contribution in [0.2, 0.25) is 0 Å². The molecule has 2 nitrogen and oxygen atoms in total. The van der Waals surface area contributed by atoms with Gasteiger partial charge in [0.15, 0.2) is 0 Å². The van der Waals surface area contributed by atoms with Gasteiger partial charge in [-0.05, 0) is 74.6 Å². The molecule has 0 aromatic heterocycles. The summed E-state index contributed by atoms with van der Waals surface area (Å²) >= 11 is -1.88. The van der Waals surface area contributed by atoms with Crippen LogP contribution in [0.1, 0.15) is 161 Å². The predicted molar refractivity (Wildman–Crippen MR) is 263 cm³/mol. The van der Waals surface area contributed by atoms with Crippen molar-refractivity contribution < 1.29 is 13.5 Å². The molecule has 0 amide bonds. The quantitative estimate of drug-likeness (QED) is 0.109. The van der Waals surface area contributed by atoms with Crippen LogP contribution in [0.15, 0.2) is 97.1 Å². The first-order valence-corrected chi connectivity index (χ1v) is 28.2. The number of benzene rings is 4. The summed E-state index contributed by atoms with van der Waals surface area (Å²) < 4.78 is 1.12. The molecule has 2 saturated heterocycles. The Balaban J connectivity index is 0.000000171. The van der Waals surface area contributed by atoms with Gasteiger partial charge in [-0.15, -0.1) is 10.8 Å². The van der Waals surface area contributed by atoms with Crippen LogP contribution in [-0.4, -0.2) is 15.2 Å². The molecule has 0 saturated carbocycles. The number of halogens is 2. The Morgan fingerprint density at radius 2 is 0.883 bits per heavy atom. The van der Waals surface area contributed by atoms with E-state index in [4.69, 9.17) is 19.4 Å². The van der Waals surface area contributed by atoms with Crippen LogP contribution < -0.4 is 9.80 Å². The van der Waals surface area contributed by atoms with E-state index in [9.17, 15) is 0 Å². The fourth-order valence-corrected chi connectivity index (χ4v) is 12.3. The van der Waals surface area contributed by atoms with Crippen molar-refractivity contribution >= 4 is 40.4 Å². The maximum atomic E-state index is 6.19. The summed E-state index contributed by atoms with van der Waals surface area (Å²) in [7, 11) is 12.4. The zero-order valence-electron chi connectivity index (χ0n) is 39.0. The van der Waals surface area contributed by atoms with E-state index in [1.807, 2.05) is 24.3 Å². The van der Waals surface area contributed by atoms with Gasteiger partial charge in [0.25, 0.3) is 0 Å². The van der Waals surface area contributed by atoms with Gasteiger partial charge >= 0.3 is 120 Å². The normalized spacial score (nSPS) is 24.7. The molecule has 4 atom stereocenters. The molecule has 0 spiro atoms. The number of hydrogen-bond donors (Lipinski definition) is 0. The molecule has 328 valence electrons. The van der Waals surface area contributed by atoms with Crippen molar-refractivity contribution in [2.24, 2.45) is 10.8 Å². The van der Waals surface area contributed by atoms with E-state index in [-0.39, 0.29) is 11.1 Å². The summed E-state index contributed by atoms with van der Waals surface area (Å²) in [6.07, 6.45) is 13.9. The molecule has 4 unspecified atom stereocenters. The van der Waals surface area contributed by atoms with E-state index in [1.54, 1.807) is 0 Å². The van der Waals surface area contributed by atoms with Crippen LogP contribution in [0.4, 0.5) is 11.4 Å². The predicted octanol–water partition coefficient (Wildman–Crippen LogP) is 16.1. The molecule has 60 heavy (non-hydrogen) atoms. The van der Waals surface area contributed by atoms with Crippen molar-refractivity contribution in [2.75, 3.05) is 9.80 Å². The topological polar surface area (TPSA) is 6.48 Å². The van der Waals surface area contributed by atoms with Gasteiger partial charge in [-0.25, -0.2) is 13.1 Å². The van der Waals surface area contributed by atoms with Gasteiger partial charge in [0.05, 0.1) is 0 Å². The minimum atomic E-state index is -1.88. The number of rotatable bonds is 11. The summed E-state index contributed by atoms with van der Waals surface area (Å²) in [6.45, 7) is 33.2. The Bertz CT molecular complexity index is 1980. The molecular weight excluding hydrogens is 861 g/mol. The molecule has 0 N–H and O–H groups in total. The molecule has 4 aromatic rings. The van der Waals surface area contributed by atoms with E-state index in [0.29, 0.717) is 10.8 Å². The maximum absolute atomic E-state index is 6.19. The summed E-state index contributed by atoms with van der Waals surface area (Å²) in [5.74, 6) is 0. The second-order valence-electron chi connectivity index (χ2n) is 18.3. The molecule has 4 aromatic carbocycles. The van der Waals surface area contributed by atoms with Gasteiger partial charge in [0.1, 0.15) is 0 Å². The number of anilines is 2. The molecule has 2 heterocycles. The van der Waals surface area contributed by atoms with Crippen LogP contribution >= 0.6 is 19.4 Å². The zero-order chi connectivity index (χ0) is 43.9. The molecule has 0 radical (unpaired) electrons. The summed E-state index contributed by atoms with van der Waals surface area (Å²) in [4.78, 5) is 5.27. The third kappa shape index (κ3) is 10.2. The van der Waals surface area contributed by atoms with E-state index in [2.05, 4.69) is 179 Å². The van der Waals surface area contributed by atoms with Crippen LogP contribution in [0.3, 0.4) is 0 Å². The first-order chi connectivity index (χ1) is 28.6. The Morgan fingerprint density at radius 1 is 0.500 bits per heavy atom. The molecule has 0 bridgehead atoms. The monoisotopic (exact) mass is 934 g/mol. The van der Waals surface area contributed by atoms with E-state index in [1.165, 1.54) is 94.4 Å². The van der Waals surface area contributed by atoms with Gasteiger partial charge in [-0.2, -0.15) is 0 Å². The average molecular weight is 935 g/mol. The Labute approximate surface area is 379 Å². The summed E-state index contributed by atoms with van der Waals surface area (Å²) in [5, 5.41) is 0. The van der Waals surface area contributed by atoms with Crippen LogP contribution in [0, 0.1) is 23.9 Å². The second-order valence-corrected chi connectivity index (χ2v) is 24.1. The first kappa shape index (κ1) is 48.3. The Kier molecular flexibility index (Phi) is 16.6. The van der Waals surface area contributed by atoms with Gasteiger partial charge in [0, 0.05) is 22.5 Å². The molecule has 7 rings (SSSR count). The van der Waals surface area contributed by atoms with Crippen LogP contribution in [0.25, 0.3) is 5.57 Å². The standard InChI is InChI=1S/2C20H32N.C15H10.2ClH.Ru/c2*1-7-16-12-11-13-17(8-2)18(16)21-15-19(5,9-3)14-20(21,6)10-4;1-2-6-12(7-3-1)15-11-10-13-8-4-5-9-14(13)15;;;/h2*11-13,15H,7-10,14H2,1-6H3;1-9,11H;2*1H;/q2*-1;;;;+2/p-2. The van der Waals surface area contributed by atoms with Crippen molar-refractivity contribution in [2.45, 2.75) is 158 Å². The number of para-hydroxylation sites is 2. The first-order valence-electron chi connectivity index (χ1n) is 22.9. The number of hydrogen-bond acceptors (Lipinski definition) is 2. The minimum absolute atomic E-state index is 0.250. The van der Waals surface area contributed by atoms with Crippen LogP contribution in [0.5, 0.6) is 0 Å².